The lowest BCUT2D eigenvalue weighted by atomic mass is 10.1. The zero-order valence-electron chi connectivity index (χ0n) is 9.87. The molecule has 0 fully saturated rings. The van der Waals surface area contributed by atoms with Gasteiger partial charge in [-0.25, -0.2) is 0 Å². The van der Waals surface area contributed by atoms with Gasteiger partial charge in [-0.1, -0.05) is 48.8 Å². The summed E-state index contributed by atoms with van der Waals surface area (Å²) in [4.78, 5) is 12.3. The van der Waals surface area contributed by atoms with Crippen LogP contribution in [0.3, 0.4) is 0 Å². The molecule has 0 aliphatic carbocycles. The summed E-state index contributed by atoms with van der Waals surface area (Å²) in [6, 6.07) is 4.39. The van der Waals surface area contributed by atoms with E-state index in [-0.39, 0.29) is 16.9 Å². The van der Waals surface area contributed by atoms with Gasteiger partial charge in [0, 0.05) is 5.02 Å². The van der Waals surface area contributed by atoms with Crippen molar-refractivity contribution in [2.24, 2.45) is 5.73 Å². The zero-order valence-corrected chi connectivity index (χ0v) is 12.2. The van der Waals surface area contributed by atoms with Gasteiger partial charge in [-0.05, 0) is 24.6 Å². The molecule has 0 aromatic heterocycles. The summed E-state index contributed by atoms with van der Waals surface area (Å²) in [6.45, 7) is 1.99. The highest BCUT2D eigenvalue weighted by molar-refractivity contribution is 7.80. The Morgan fingerprint density at radius 2 is 2.17 bits per heavy atom. The predicted octanol–water partition coefficient (Wildman–Crippen LogP) is 3.18. The molecule has 6 heteroatoms. The van der Waals surface area contributed by atoms with E-state index in [1.54, 1.807) is 12.1 Å². The van der Waals surface area contributed by atoms with Gasteiger partial charge in [-0.15, -0.1) is 0 Å². The minimum absolute atomic E-state index is 0.267. The number of amides is 1. The highest BCUT2D eigenvalue weighted by Gasteiger charge is 2.17. The van der Waals surface area contributed by atoms with E-state index in [9.17, 15) is 4.79 Å². The number of thiocarbonyl (C=S) groups is 1. The van der Waals surface area contributed by atoms with Crippen molar-refractivity contribution < 1.29 is 4.79 Å². The lowest BCUT2D eigenvalue weighted by Gasteiger charge is -2.17. The van der Waals surface area contributed by atoms with Gasteiger partial charge in [0.15, 0.2) is 0 Å². The van der Waals surface area contributed by atoms with Crippen molar-refractivity contribution in [2.75, 3.05) is 0 Å². The number of halogens is 2. The van der Waals surface area contributed by atoms with Crippen LogP contribution in [-0.2, 0) is 0 Å². The van der Waals surface area contributed by atoms with Gasteiger partial charge in [-0.3, -0.25) is 4.79 Å². The second-order valence-corrected chi connectivity index (χ2v) is 5.16. The third-order valence-electron chi connectivity index (χ3n) is 2.40. The Bertz CT molecular complexity index is 465. The van der Waals surface area contributed by atoms with Crippen LogP contribution in [0.1, 0.15) is 30.1 Å². The first-order valence-electron chi connectivity index (χ1n) is 5.51. The molecule has 0 saturated carbocycles. The summed E-state index contributed by atoms with van der Waals surface area (Å²) in [5, 5.41) is 3.55. The normalized spacial score (nSPS) is 11.9. The average Bonchev–Trinajstić information content (AvgIpc) is 2.31. The Balaban J connectivity index is 2.86. The molecule has 1 amide bonds. The molecule has 1 unspecified atom stereocenters. The lowest BCUT2D eigenvalue weighted by molar-refractivity contribution is 0.0946. The Hall–Kier alpha value is -0.840. The zero-order chi connectivity index (χ0) is 13.7. The average molecular weight is 305 g/mol. The first-order valence-corrected chi connectivity index (χ1v) is 6.67. The van der Waals surface area contributed by atoms with Gasteiger partial charge in [0.05, 0.1) is 21.6 Å². The molecule has 0 aliphatic rings. The molecule has 0 aliphatic heterocycles. The fraction of sp³-hybridized carbons (Fsp3) is 0.333. The van der Waals surface area contributed by atoms with Crippen LogP contribution in [-0.4, -0.2) is 16.9 Å². The maximum atomic E-state index is 12.0. The van der Waals surface area contributed by atoms with Crippen LogP contribution in [0.2, 0.25) is 10.0 Å². The minimum atomic E-state index is -0.326. The van der Waals surface area contributed by atoms with Crippen LogP contribution in [0, 0.1) is 0 Å². The number of nitrogens with one attached hydrogen (secondary N) is 1. The first-order chi connectivity index (χ1) is 8.45. The quantitative estimate of drug-likeness (QED) is 0.822. The molecule has 98 valence electrons. The first kappa shape index (κ1) is 15.2. The standard InChI is InChI=1S/C12H14Cl2N2OS/c1-2-3-10(11(15)18)16-12(17)8-6-7(13)4-5-9(8)14/h4-6,10H,2-3H2,1H3,(H2,15,18)(H,16,17). The van der Waals surface area contributed by atoms with Crippen molar-refractivity contribution in [3.05, 3.63) is 33.8 Å². The fourth-order valence-electron chi connectivity index (χ4n) is 1.48. The van der Waals surface area contributed by atoms with Gasteiger partial charge >= 0.3 is 0 Å². The molecule has 0 bridgehead atoms. The minimum Gasteiger partial charge on any atom is -0.392 e. The SMILES string of the molecule is CCCC(NC(=O)c1cc(Cl)ccc1Cl)C(N)=S. The second-order valence-electron chi connectivity index (χ2n) is 3.84. The van der Waals surface area contributed by atoms with E-state index < -0.39 is 0 Å². The second kappa shape index (κ2) is 6.92. The van der Waals surface area contributed by atoms with E-state index in [1.807, 2.05) is 6.92 Å². The van der Waals surface area contributed by atoms with Crippen LogP contribution in [0.4, 0.5) is 0 Å². The van der Waals surface area contributed by atoms with Gasteiger partial charge < -0.3 is 11.1 Å². The molecule has 0 heterocycles. The van der Waals surface area contributed by atoms with E-state index in [0.717, 1.165) is 6.42 Å². The summed E-state index contributed by atoms with van der Waals surface area (Å²) >= 11 is 16.7. The van der Waals surface area contributed by atoms with Crippen molar-refractivity contribution in [1.29, 1.82) is 0 Å². The van der Waals surface area contributed by atoms with Crippen LogP contribution in [0.15, 0.2) is 18.2 Å². The van der Waals surface area contributed by atoms with E-state index in [4.69, 9.17) is 41.2 Å². The summed E-state index contributed by atoms with van der Waals surface area (Å²) in [7, 11) is 0. The van der Waals surface area contributed by atoms with E-state index >= 15 is 0 Å². The maximum absolute atomic E-state index is 12.0. The Kier molecular flexibility index (Phi) is 5.85. The molecule has 1 aromatic carbocycles. The molecule has 0 radical (unpaired) electrons. The Labute approximate surface area is 122 Å². The molecule has 1 atom stereocenters. The third-order valence-corrected chi connectivity index (χ3v) is 3.25. The van der Waals surface area contributed by atoms with Crippen molar-refractivity contribution in [3.63, 3.8) is 0 Å². The maximum Gasteiger partial charge on any atom is 0.253 e. The smallest absolute Gasteiger partial charge is 0.253 e. The molecular weight excluding hydrogens is 291 g/mol. The largest absolute Gasteiger partial charge is 0.392 e. The van der Waals surface area contributed by atoms with Gasteiger partial charge in [0.1, 0.15) is 0 Å². The summed E-state index contributed by atoms with van der Waals surface area (Å²) < 4.78 is 0. The Morgan fingerprint density at radius 1 is 1.50 bits per heavy atom. The van der Waals surface area contributed by atoms with E-state index in [2.05, 4.69) is 5.32 Å². The highest BCUT2D eigenvalue weighted by Crippen LogP contribution is 2.20. The highest BCUT2D eigenvalue weighted by atomic mass is 35.5. The molecule has 3 N–H and O–H groups in total. The van der Waals surface area contributed by atoms with Gasteiger partial charge in [-0.2, -0.15) is 0 Å². The number of hydrogen-bond acceptors (Lipinski definition) is 2. The van der Waals surface area contributed by atoms with Gasteiger partial charge in [0.25, 0.3) is 5.91 Å². The number of benzene rings is 1. The third kappa shape index (κ3) is 4.12. The molecule has 1 rings (SSSR count). The van der Waals surface area contributed by atoms with Gasteiger partial charge in [0.2, 0.25) is 0 Å². The van der Waals surface area contributed by atoms with Crippen molar-refractivity contribution >= 4 is 46.3 Å². The predicted molar refractivity (Wildman–Crippen MR) is 79.4 cm³/mol. The van der Waals surface area contributed by atoms with Crippen LogP contribution in [0.25, 0.3) is 0 Å². The molecule has 18 heavy (non-hydrogen) atoms. The Morgan fingerprint density at radius 3 is 2.72 bits per heavy atom. The molecule has 0 spiro atoms. The van der Waals surface area contributed by atoms with E-state index in [0.29, 0.717) is 22.0 Å². The number of hydrogen-bond donors (Lipinski definition) is 2. The molecule has 3 nitrogen and oxygen atoms in total. The fourth-order valence-corrected chi connectivity index (χ4v) is 2.03. The monoisotopic (exact) mass is 304 g/mol. The summed E-state index contributed by atoms with van der Waals surface area (Å²) in [6.07, 6.45) is 1.56. The van der Waals surface area contributed by atoms with E-state index in [1.165, 1.54) is 6.07 Å². The molecular formula is C12H14Cl2N2OS. The molecule has 1 aromatic rings. The summed E-state index contributed by atoms with van der Waals surface area (Å²) in [5.74, 6) is -0.325. The summed E-state index contributed by atoms with van der Waals surface area (Å²) in [5.41, 5.74) is 5.90. The van der Waals surface area contributed by atoms with Crippen molar-refractivity contribution in [2.45, 2.75) is 25.8 Å². The van der Waals surface area contributed by atoms with Crippen molar-refractivity contribution in [3.8, 4) is 0 Å². The number of carbonyl (C=O) groups is 1. The topological polar surface area (TPSA) is 55.1 Å². The van der Waals surface area contributed by atoms with Crippen LogP contribution >= 0.6 is 35.4 Å². The van der Waals surface area contributed by atoms with Crippen LogP contribution in [0.5, 0.6) is 0 Å². The molecule has 0 saturated heterocycles. The van der Waals surface area contributed by atoms with Crippen LogP contribution < -0.4 is 11.1 Å². The lowest BCUT2D eigenvalue weighted by Crippen LogP contribution is -2.43. The number of nitrogens with two attached hydrogens (primary N) is 1. The van der Waals surface area contributed by atoms with Crippen molar-refractivity contribution in [1.82, 2.24) is 5.32 Å². The number of rotatable bonds is 5. The number of carbonyl (C=O) groups excluding carboxylic acids is 1.